The number of benzene rings is 2. The molecule has 0 atom stereocenters. The van der Waals surface area contributed by atoms with E-state index in [0.717, 1.165) is 28.7 Å². The van der Waals surface area contributed by atoms with Crippen LogP contribution in [0.3, 0.4) is 0 Å². The van der Waals surface area contributed by atoms with E-state index in [-0.39, 0.29) is 17.4 Å². The molecule has 0 radical (unpaired) electrons. The molecule has 0 amide bonds. The van der Waals surface area contributed by atoms with Crippen molar-refractivity contribution in [1.29, 1.82) is 0 Å². The second kappa shape index (κ2) is 6.07. The summed E-state index contributed by atoms with van der Waals surface area (Å²) >= 11 is 0. The van der Waals surface area contributed by atoms with E-state index < -0.39 is 17.4 Å². The van der Waals surface area contributed by atoms with Crippen molar-refractivity contribution in [3.05, 3.63) is 59.8 Å². The first kappa shape index (κ1) is 15.9. The first-order chi connectivity index (χ1) is 12.5. The maximum Gasteiger partial charge on any atom is 0.239 e. The molecule has 0 fully saturated rings. The van der Waals surface area contributed by atoms with Gasteiger partial charge in [0, 0.05) is 0 Å². The van der Waals surface area contributed by atoms with Crippen LogP contribution in [0.2, 0.25) is 0 Å². The lowest BCUT2D eigenvalue weighted by Crippen LogP contribution is -2.01. The van der Waals surface area contributed by atoms with Crippen LogP contribution in [-0.4, -0.2) is 19.9 Å². The average molecular weight is 353 g/mol. The Morgan fingerprint density at radius 2 is 1.85 bits per heavy atom. The lowest BCUT2D eigenvalue weighted by Gasteiger charge is -2.08. The van der Waals surface area contributed by atoms with Crippen LogP contribution in [0.25, 0.3) is 22.6 Å². The molecule has 0 saturated heterocycles. The maximum atomic E-state index is 13.8. The van der Waals surface area contributed by atoms with Gasteiger partial charge in [-0.05, 0) is 36.8 Å². The van der Waals surface area contributed by atoms with Crippen LogP contribution in [0.1, 0.15) is 5.56 Å². The number of aryl methyl sites for hydroxylation is 1. The Hall–Kier alpha value is -3.55. The van der Waals surface area contributed by atoms with E-state index in [2.05, 4.69) is 19.9 Å². The second-order valence-electron chi connectivity index (χ2n) is 5.70. The van der Waals surface area contributed by atoms with E-state index in [1.54, 1.807) is 0 Å². The number of hydrogen-bond acceptors (Lipinski definition) is 5. The Morgan fingerprint density at radius 1 is 1.08 bits per heavy atom. The summed E-state index contributed by atoms with van der Waals surface area (Å²) in [5.74, 6) is -1.85. The first-order valence-corrected chi connectivity index (χ1v) is 7.72. The van der Waals surface area contributed by atoms with Gasteiger partial charge in [0.1, 0.15) is 0 Å². The number of nitrogen functional groups attached to an aromatic ring is 1. The fourth-order valence-electron chi connectivity index (χ4n) is 2.53. The number of fused-ring (bicyclic) bond motifs is 1. The summed E-state index contributed by atoms with van der Waals surface area (Å²) in [6.07, 6.45) is 1.19. The zero-order valence-corrected chi connectivity index (χ0v) is 13.6. The van der Waals surface area contributed by atoms with Crippen LogP contribution >= 0.6 is 0 Å². The molecule has 0 aliphatic rings. The monoisotopic (exact) mass is 353 g/mol. The highest BCUT2D eigenvalue weighted by Crippen LogP contribution is 2.29. The number of ether oxygens (including phenoxy) is 1. The molecule has 2 aromatic heterocycles. The Bertz CT molecular complexity index is 1110. The summed E-state index contributed by atoms with van der Waals surface area (Å²) in [6, 6.07) is 9.15. The molecule has 8 heteroatoms. The van der Waals surface area contributed by atoms with Crippen LogP contribution in [0, 0.1) is 18.6 Å². The highest BCUT2D eigenvalue weighted by atomic mass is 19.1. The van der Waals surface area contributed by atoms with E-state index in [9.17, 15) is 8.78 Å². The number of nitrogens with two attached hydrogens (primary N) is 1. The van der Waals surface area contributed by atoms with Crippen molar-refractivity contribution in [2.24, 2.45) is 0 Å². The van der Waals surface area contributed by atoms with Gasteiger partial charge in [0.15, 0.2) is 29.0 Å². The third kappa shape index (κ3) is 2.81. The molecule has 4 aromatic rings. The van der Waals surface area contributed by atoms with E-state index in [0.29, 0.717) is 5.82 Å². The van der Waals surface area contributed by atoms with Gasteiger partial charge in [-0.25, -0.2) is 23.7 Å². The van der Waals surface area contributed by atoms with Gasteiger partial charge in [0.2, 0.25) is 11.6 Å². The van der Waals surface area contributed by atoms with Gasteiger partial charge in [0.05, 0.1) is 17.2 Å². The lowest BCUT2D eigenvalue weighted by molar-refractivity contribution is 0.394. The molecule has 0 unspecified atom stereocenters. The van der Waals surface area contributed by atoms with Crippen LogP contribution in [0.4, 0.5) is 14.6 Å². The van der Waals surface area contributed by atoms with Crippen LogP contribution in [0.15, 0.2) is 42.6 Å². The van der Waals surface area contributed by atoms with Crippen molar-refractivity contribution in [2.45, 2.75) is 6.92 Å². The Kier molecular flexibility index (Phi) is 3.72. The normalized spacial score (nSPS) is 11.0. The second-order valence-corrected chi connectivity index (χ2v) is 5.70. The molecule has 26 heavy (non-hydrogen) atoms. The molecule has 4 rings (SSSR count). The topological polar surface area (TPSA) is 89.7 Å². The number of hydrogen-bond donors (Lipinski definition) is 2. The number of para-hydroxylation sites is 1. The minimum atomic E-state index is -0.843. The van der Waals surface area contributed by atoms with E-state index in [1.807, 2.05) is 25.1 Å². The average Bonchev–Trinajstić information content (AvgIpc) is 3.02. The molecule has 130 valence electrons. The summed E-state index contributed by atoms with van der Waals surface area (Å²) in [7, 11) is 0. The number of halogens is 2. The van der Waals surface area contributed by atoms with Gasteiger partial charge in [-0.15, -0.1) is 0 Å². The fraction of sp³-hybridized carbons (Fsp3) is 0.0556. The van der Waals surface area contributed by atoms with Gasteiger partial charge in [-0.2, -0.15) is 0 Å². The van der Waals surface area contributed by atoms with Gasteiger partial charge in [-0.3, -0.25) is 0 Å². The standard InChI is InChI=1S/C18H13F2N5O/c1-9-5-6-12-13(7-9)24-18(23-12)15-17(21)22-8-14(25-15)26-16-10(19)3-2-4-11(16)20/h2-8H,1H3,(H2,21,22)(H,23,24). The van der Waals surface area contributed by atoms with Gasteiger partial charge < -0.3 is 15.5 Å². The number of nitrogens with zero attached hydrogens (tertiary/aromatic N) is 3. The third-order valence-corrected chi connectivity index (χ3v) is 3.77. The van der Waals surface area contributed by atoms with Crippen molar-refractivity contribution in [2.75, 3.05) is 5.73 Å². The van der Waals surface area contributed by atoms with Crippen LogP contribution in [-0.2, 0) is 0 Å². The molecule has 0 aliphatic carbocycles. The maximum absolute atomic E-state index is 13.8. The number of aromatic amines is 1. The number of nitrogens with one attached hydrogen (secondary N) is 1. The number of rotatable bonds is 3. The van der Waals surface area contributed by atoms with Crippen LogP contribution in [0.5, 0.6) is 11.6 Å². The van der Waals surface area contributed by atoms with E-state index >= 15 is 0 Å². The Morgan fingerprint density at radius 3 is 2.62 bits per heavy atom. The van der Waals surface area contributed by atoms with Gasteiger partial charge >= 0.3 is 0 Å². The first-order valence-electron chi connectivity index (χ1n) is 7.72. The predicted octanol–water partition coefficient (Wildman–Crippen LogP) is 3.98. The number of anilines is 1. The molecule has 6 nitrogen and oxygen atoms in total. The third-order valence-electron chi connectivity index (χ3n) is 3.77. The summed E-state index contributed by atoms with van der Waals surface area (Å²) < 4.78 is 32.7. The van der Waals surface area contributed by atoms with E-state index in [1.165, 1.54) is 12.3 Å². The summed E-state index contributed by atoms with van der Waals surface area (Å²) in [5.41, 5.74) is 8.73. The highest BCUT2D eigenvalue weighted by molar-refractivity contribution is 5.81. The molecule has 2 heterocycles. The van der Waals surface area contributed by atoms with Crippen molar-refractivity contribution in [3.8, 4) is 23.1 Å². The van der Waals surface area contributed by atoms with Crippen LogP contribution < -0.4 is 10.5 Å². The summed E-state index contributed by atoms with van der Waals surface area (Å²) in [4.78, 5) is 15.7. The lowest BCUT2D eigenvalue weighted by atomic mass is 10.2. The number of imidazole rings is 1. The van der Waals surface area contributed by atoms with Crippen molar-refractivity contribution in [3.63, 3.8) is 0 Å². The molecular weight excluding hydrogens is 340 g/mol. The molecule has 2 aromatic carbocycles. The zero-order chi connectivity index (χ0) is 18.3. The Balaban J connectivity index is 1.76. The van der Waals surface area contributed by atoms with Gasteiger partial charge in [0.25, 0.3) is 0 Å². The van der Waals surface area contributed by atoms with Crippen molar-refractivity contribution in [1.82, 2.24) is 19.9 Å². The Labute approximate surface area is 146 Å². The quantitative estimate of drug-likeness (QED) is 0.581. The highest BCUT2D eigenvalue weighted by Gasteiger charge is 2.16. The molecule has 0 bridgehead atoms. The predicted molar refractivity (Wildman–Crippen MR) is 92.7 cm³/mol. The van der Waals surface area contributed by atoms with Crippen molar-refractivity contribution < 1.29 is 13.5 Å². The summed E-state index contributed by atoms with van der Waals surface area (Å²) in [6.45, 7) is 1.96. The SMILES string of the molecule is Cc1ccc2nc(-c3nc(Oc4c(F)cccc4F)cnc3N)[nH]c2c1. The minimum Gasteiger partial charge on any atom is -0.431 e. The fourth-order valence-corrected chi connectivity index (χ4v) is 2.53. The molecule has 0 spiro atoms. The largest absolute Gasteiger partial charge is 0.431 e. The number of H-pyrrole nitrogens is 1. The zero-order valence-electron chi connectivity index (χ0n) is 13.6. The molecule has 0 aliphatic heterocycles. The molecule has 0 saturated carbocycles. The molecular formula is C18H13F2N5O. The molecule has 3 N–H and O–H groups in total. The van der Waals surface area contributed by atoms with Gasteiger partial charge in [-0.1, -0.05) is 12.1 Å². The van der Waals surface area contributed by atoms with E-state index in [4.69, 9.17) is 10.5 Å². The van der Waals surface area contributed by atoms with Crippen molar-refractivity contribution >= 4 is 16.9 Å². The summed E-state index contributed by atoms with van der Waals surface area (Å²) in [5, 5.41) is 0. The minimum absolute atomic E-state index is 0.102. The smallest absolute Gasteiger partial charge is 0.239 e. The number of aromatic nitrogens is 4.